The molecule has 0 bridgehead atoms. The number of nitrogens with zero attached hydrogens (tertiary/aromatic N) is 1. The maximum absolute atomic E-state index is 5.12. The van der Waals surface area contributed by atoms with Gasteiger partial charge in [-0.1, -0.05) is 30.3 Å². The molecule has 0 aliphatic carbocycles. The number of hydrogen-bond acceptors (Lipinski definition) is 3. The normalized spacial score (nSPS) is 23.9. The Morgan fingerprint density at radius 2 is 2.00 bits per heavy atom. The van der Waals surface area contributed by atoms with Crippen molar-refractivity contribution in [1.82, 2.24) is 10.2 Å². The van der Waals surface area contributed by atoms with Gasteiger partial charge in [0.25, 0.3) is 0 Å². The van der Waals surface area contributed by atoms with E-state index in [0.29, 0.717) is 12.1 Å². The van der Waals surface area contributed by atoms with Crippen LogP contribution in [0.4, 0.5) is 0 Å². The second-order valence-electron chi connectivity index (χ2n) is 5.78. The van der Waals surface area contributed by atoms with Crippen molar-refractivity contribution in [3.63, 3.8) is 0 Å². The molecular formula is C17H28N2O. The van der Waals surface area contributed by atoms with Crippen LogP contribution in [0.3, 0.4) is 0 Å². The maximum Gasteiger partial charge on any atom is 0.0473 e. The van der Waals surface area contributed by atoms with E-state index in [9.17, 15) is 0 Å². The van der Waals surface area contributed by atoms with Gasteiger partial charge < -0.3 is 10.1 Å². The van der Waals surface area contributed by atoms with E-state index in [0.717, 1.165) is 19.7 Å². The molecule has 1 aromatic rings. The van der Waals surface area contributed by atoms with E-state index in [2.05, 4.69) is 47.5 Å². The highest BCUT2D eigenvalue weighted by Crippen LogP contribution is 2.23. The molecule has 2 rings (SSSR count). The number of ether oxygens (including phenoxy) is 1. The Labute approximate surface area is 123 Å². The predicted octanol–water partition coefficient (Wildman–Crippen LogP) is 2.84. The Morgan fingerprint density at radius 3 is 2.75 bits per heavy atom. The zero-order chi connectivity index (χ0) is 14.2. The number of piperazine rings is 1. The number of methoxy groups -OCH3 is 1. The average molecular weight is 276 g/mol. The summed E-state index contributed by atoms with van der Waals surface area (Å²) in [6.07, 6.45) is 3.70. The summed E-state index contributed by atoms with van der Waals surface area (Å²) in [6.45, 7) is 6.56. The number of hydrogen-bond donors (Lipinski definition) is 1. The molecule has 1 N–H and O–H groups in total. The summed E-state index contributed by atoms with van der Waals surface area (Å²) in [6, 6.07) is 12.0. The summed E-state index contributed by atoms with van der Waals surface area (Å²) in [4.78, 5) is 2.64. The SMILES string of the molecule is COCCCCCN1CC(C)NCC1c1ccccc1. The van der Waals surface area contributed by atoms with E-state index in [1.54, 1.807) is 7.11 Å². The van der Waals surface area contributed by atoms with Crippen molar-refractivity contribution in [1.29, 1.82) is 0 Å². The Balaban J connectivity index is 1.88. The van der Waals surface area contributed by atoms with E-state index in [-0.39, 0.29) is 0 Å². The molecule has 3 heteroatoms. The van der Waals surface area contributed by atoms with Gasteiger partial charge in [0.2, 0.25) is 0 Å². The first-order valence-corrected chi connectivity index (χ1v) is 7.82. The maximum atomic E-state index is 5.12. The smallest absolute Gasteiger partial charge is 0.0473 e. The van der Waals surface area contributed by atoms with Crippen LogP contribution in [0, 0.1) is 0 Å². The first kappa shape index (κ1) is 15.5. The highest BCUT2D eigenvalue weighted by molar-refractivity contribution is 5.20. The highest BCUT2D eigenvalue weighted by Gasteiger charge is 2.26. The lowest BCUT2D eigenvalue weighted by molar-refractivity contribution is 0.130. The van der Waals surface area contributed by atoms with Gasteiger partial charge in [-0.05, 0) is 38.3 Å². The zero-order valence-electron chi connectivity index (χ0n) is 12.8. The molecule has 1 saturated heterocycles. The topological polar surface area (TPSA) is 24.5 Å². The molecule has 0 aromatic heterocycles. The van der Waals surface area contributed by atoms with Crippen molar-refractivity contribution < 1.29 is 4.74 Å². The van der Waals surface area contributed by atoms with E-state index in [1.807, 2.05) is 0 Å². The molecule has 20 heavy (non-hydrogen) atoms. The van der Waals surface area contributed by atoms with Crippen LogP contribution in [-0.4, -0.2) is 44.3 Å². The molecule has 1 fully saturated rings. The molecule has 0 saturated carbocycles. The summed E-state index contributed by atoms with van der Waals surface area (Å²) in [5.74, 6) is 0. The Bertz CT molecular complexity index is 369. The van der Waals surface area contributed by atoms with Crippen molar-refractivity contribution in [2.75, 3.05) is 33.4 Å². The van der Waals surface area contributed by atoms with Crippen molar-refractivity contribution >= 4 is 0 Å². The van der Waals surface area contributed by atoms with Crippen LogP contribution in [-0.2, 0) is 4.74 Å². The Morgan fingerprint density at radius 1 is 1.20 bits per heavy atom. The van der Waals surface area contributed by atoms with Gasteiger partial charge >= 0.3 is 0 Å². The molecule has 2 unspecified atom stereocenters. The molecule has 1 aliphatic rings. The zero-order valence-corrected chi connectivity index (χ0v) is 12.8. The van der Waals surface area contributed by atoms with Gasteiger partial charge in [-0.15, -0.1) is 0 Å². The van der Waals surface area contributed by atoms with Gasteiger partial charge in [0.05, 0.1) is 0 Å². The minimum Gasteiger partial charge on any atom is -0.385 e. The van der Waals surface area contributed by atoms with Gasteiger partial charge in [-0.2, -0.15) is 0 Å². The second kappa shape index (κ2) is 8.40. The van der Waals surface area contributed by atoms with E-state index in [1.165, 1.54) is 31.4 Å². The van der Waals surface area contributed by atoms with Crippen molar-refractivity contribution in [2.24, 2.45) is 0 Å². The minimum absolute atomic E-state index is 0.523. The lowest BCUT2D eigenvalue weighted by Crippen LogP contribution is -2.51. The third-order valence-electron chi connectivity index (χ3n) is 4.09. The van der Waals surface area contributed by atoms with Crippen LogP contribution in [0.5, 0.6) is 0 Å². The number of benzene rings is 1. The predicted molar refractivity (Wildman–Crippen MR) is 83.9 cm³/mol. The molecule has 1 aromatic carbocycles. The molecule has 1 heterocycles. The quantitative estimate of drug-likeness (QED) is 0.775. The number of nitrogens with one attached hydrogen (secondary N) is 1. The summed E-state index contributed by atoms with van der Waals surface area (Å²) >= 11 is 0. The first-order valence-electron chi connectivity index (χ1n) is 7.82. The molecular weight excluding hydrogens is 248 g/mol. The molecule has 0 radical (unpaired) electrons. The number of rotatable bonds is 7. The van der Waals surface area contributed by atoms with E-state index < -0.39 is 0 Å². The average Bonchev–Trinajstić information content (AvgIpc) is 2.48. The third kappa shape index (κ3) is 4.58. The fourth-order valence-electron chi connectivity index (χ4n) is 2.97. The van der Waals surface area contributed by atoms with Gasteiger partial charge in [0.15, 0.2) is 0 Å². The van der Waals surface area contributed by atoms with E-state index in [4.69, 9.17) is 4.74 Å². The van der Waals surface area contributed by atoms with Crippen molar-refractivity contribution in [3.8, 4) is 0 Å². The summed E-state index contributed by atoms with van der Waals surface area (Å²) in [5.41, 5.74) is 1.43. The van der Waals surface area contributed by atoms with Gasteiger partial charge in [0, 0.05) is 38.9 Å². The van der Waals surface area contributed by atoms with Crippen LogP contribution in [0.1, 0.15) is 37.8 Å². The second-order valence-corrected chi connectivity index (χ2v) is 5.78. The largest absolute Gasteiger partial charge is 0.385 e. The summed E-state index contributed by atoms with van der Waals surface area (Å²) < 4.78 is 5.12. The summed E-state index contributed by atoms with van der Waals surface area (Å²) in [7, 11) is 1.78. The van der Waals surface area contributed by atoms with Crippen molar-refractivity contribution in [3.05, 3.63) is 35.9 Å². The fraction of sp³-hybridized carbons (Fsp3) is 0.647. The van der Waals surface area contributed by atoms with Crippen molar-refractivity contribution in [2.45, 2.75) is 38.3 Å². The minimum atomic E-state index is 0.523. The molecule has 2 atom stereocenters. The van der Waals surface area contributed by atoms with Crippen LogP contribution in [0.15, 0.2) is 30.3 Å². The fourth-order valence-corrected chi connectivity index (χ4v) is 2.97. The van der Waals surface area contributed by atoms with Gasteiger partial charge in [0.1, 0.15) is 0 Å². The van der Waals surface area contributed by atoms with Gasteiger partial charge in [-0.3, -0.25) is 4.90 Å². The third-order valence-corrected chi connectivity index (χ3v) is 4.09. The highest BCUT2D eigenvalue weighted by atomic mass is 16.5. The molecule has 112 valence electrons. The van der Waals surface area contributed by atoms with Crippen LogP contribution < -0.4 is 5.32 Å². The first-order chi connectivity index (χ1) is 9.81. The lowest BCUT2D eigenvalue weighted by atomic mass is 10.0. The van der Waals surface area contributed by atoms with Crippen LogP contribution >= 0.6 is 0 Å². The molecule has 0 spiro atoms. The molecule has 1 aliphatic heterocycles. The monoisotopic (exact) mass is 276 g/mol. The van der Waals surface area contributed by atoms with Crippen LogP contribution in [0.25, 0.3) is 0 Å². The van der Waals surface area contributed by atoms with Gasteiger partial charge in [-0.25, -0.2) is 0 Å². The molecule has 3 nitrogen and oxygen atoms in total. The van der Waals surface area contributed by atoms with Crippen LogP contribution in [0.2, 0.25) is 0 Å². The summed E-state index contributed by atoms with van der Waals surface area (Å²) in [5, 5.41) is 3.61. The standard InChI is InChI=1S/C17H28N2O/c1-15-14-19(11-7-4-8-12-20-2)17(13-18-15)16-9-5-3-6-10-16/h3,5-6,9-10,15,17-18H,4,7-8,11-14H2,1-2H3. The Kier molecular flexibility index (Phi) is 6.51. The Hall–Kier alpha value is -0.900. The lowest BCUT2D eigenvalue weighted by Gasteiger charge is -2.39. The number of unbranched alkanes of at least 4 members (excludes halogenated alkanes) is 2. The van der Waals surface area contributed by atoms with E-state index >= 15 is 0 Å². The molecule has 0 amide bonds.